The van der Waals surface area contributed by atoms with Crippen LogP contribution >= 0.6 is 11.8 Å². The predicted molar refractivity (Wildman–Crippen MR) is 57.4 cm³/mol. The van der Waals surface area contributed by atoms with Gasteiger partial charge in [-0.05, 0) is 20.8 Å². The van der Waals surface area contributed by atoms with E-state index < -0.39 is 0 Å². The third-order valence-corrected chi connectivity index (χ3v) is 2.52. The molecular weight excluding hydrogens is 198 g/mol. The van der Waals surface area contributed by atoms with Crippen molar-refractivity contribution in [3.8, 4) is 0 Å². The Labute approximate surface area is 89.0 Å². The van der Waals surface area contributed by atoms with Gasteiger partial charge in [-0.1, -0.05) is 11.8 Å². The van der Waals surface area contributed by atoms with E-state index in [9.17, 15) is 0 Å². The van der Waals surface area contributed by atoms with Crippen molar-refractivity contribution < 1.29 is 4.74 Å². The van der Waals surface area contributed by atoms with Crippen molar-refractivity contribution in [2.24, 2.45) is 7.05 Å². The van der Waals surface area contributed by atoms with Crippen molar-refractivity contribution >= 4 is 11.8 Å². The first-order valence-electron chi connectivity index (χ1n) is 4.60. The van der Waals surface area contributed by atoms with Gasteiger partial charge >= 0.3 is 0 Å². The first-order chi connectivity index (χ1) is 6.49. The van der Waals surface area contributed by atoms with Gasteiger partial charge in [0.2, 0.25) is 0 Å². The average molecular weight is 215 g/mol. The van der Waals surface area contributed by atoms with Crippen molar-refractivity contribution in [2.45, 2.75) is 31.5 Å². The van der Waals surface area contributed by atoms with Crippen molar-refractivity contribution in [2.75, 3.05) is 12.4 Å². The normalized spacial score (nSPS) is 12.0. The maximum Gasteiger partial charge on any atom is 0.185 e. The fourth-order valence-corrected chi connectivity index (χ4v) is 1.60. The van der Waals surface area contributed by atoms with Gasteiger partial charge in [-0.15, -0.1) is 0 Å². The van der Waals surface area contributed by atoms with E-state index >= 15 is 0 Å². The van der Waals surface area contributed by atoms with Gasteiger partial charge in [0, 0.05) is 12.8 Å². The van der Waals surface area contributed by atoms with Crippen LogP contribution < -0.4 is 0 Å². The molecule has 0 aliphatic heterocycles. The summed E-state index contributed by atoms with van der Waals surface area (Å²) in [6.45, 7) is 6.90. The van der Waals surface area contributed by atoms with E-state index in [2.05, 4.69) is 30.9 Å². The van der Waals surface area contributed by atoms with Crippen LogP contribution in [-0.2, 0) is 11.8 Å². The van der Waals surface area contributed by atoms with E-state index in [4.69, 9.17) is 4.74 Å². The molecule has 1 aromatic rings. The van der Waals surface area contributed by atoms with Crippen LogP contribution in [0.3, 0.4) is 0 Å². The second-order valence-corrected chi connectivity index (χ2v) is 5.04. The zero-order valence-corrected chi connectivity index (χ0v) is 9.97. The zero-order valence-electron chi connectivity index (χ0n) is 9.15. The first kappa shape index (κ1) is 11.5. The minimum atomic E-state index is -0.0551. The average Bonchev–Trinajstić information content (AvgIpc) is 2.44. The molecule has 0 N–H and O–H groups in total. The van der Waals surface area contributed by atoms with Crippen molar-refractivity contribution in [1.82, 2.24) is 14.8 Å². The Morgan fingerprint density at radius 2 is 2.21 bits per heavy atom. The van der Waals surface area contributed by atoms with Gasteiger partial charge in [0.25, 0.3) is 0 Å². The summed E-state index contributed by atoms with van der Waals surface area (Å²) in [6, 6.07) is 0. The molecule has 0 radical (unpaired) electrons. The second-order valence-electron chi connectivity index (χ2n) is 3.98. The molecule has 0 saturated carbocycles. The molecule has 14 heavy (non-hydrogen) atoms. The summed E-state index contributed by atoms with van der Waals surface area (Å²) >= 11 is 1.66. The number of hydrogen-bond acceptors (Lipinski definition) is 4. The van der Waals surface area contributed by atoms with Crippen LogP contribution in [0.2, 0.25) is 0 Å². The summed E-state index contributed by atoms with van der Waals surface area (Å²) in [5.41, 5.74) is -0.0551. The van der Waals surface area contributed by atoms with Gasteiger partial charge in [-0.25, -0.2) is 9.67 Å². The smallest absolute Gasteiger partial charge is 0.185 e. The molecule has 0 aliphatic rings. The zero-order chi connectivity index (χ0) is 10.6. The Morgan fingerprint density at radius 3 is 2.71 bits per heavy atom. The van der Waals surface area contributed by atoms with Gasteiger partial charge < -0.3 is 4.74 Å². The molecule has 0 spiro atoms. The largest absolute Gasteiger partial charge is 0.375 e. The van der Waals surface area contributed by atoms with Crippen molar-refractivity contribution in [1.29, 1.82) is 0 Å². The maximum atomic E-state index is 5.59. The monoisotopic (exact) mass is 215 g/mol. The Bertz CT molecular complexity index is 280. The van der Waals surface area contributed by atoms with Crippen molar-refractivity contribution in [3.05, 3.63) is 6.33 Å². The van der Waals surface area contributed by atoms with Crippen LogP contribution in [-0.4, -0.2) is 32.7 Å². The van der Waals surface area contributed by atoms with Gasteiger partial charge in [0.15, 0.2) is 5.16 Å². The van der Waals surface area contributed by atoms with Gasteiger partial charge in [-0.3, -0.25) is 0 Å². The van der Waals surface area contributed by atoms with Crippen LogP contribution in [0.4, 0.5) is 0 Å². The molecule has 0 saturated heterocycles. The predicted octanol–water partition coefficient (Wildman–Crippen LogP) is 1.72. The molecule has 4 nitrogen and oxygen atoms in total. The number of hydrogen-bond donors (Lipinski definition) is 0. The minimum absolute atomic E-state index is 0.0551. The SMILES string of the molecule is Cn1ncnc1SCCOC(C)(C)C. The molecule has 0 atom stereocenters. The highest BCUT2D eigenvalue weighted by molar-refractivity contribution is 7.99. The van der Waals surface area contributed by atoms with Crippen LogP contribution in [0.15, 0.2) is 11.5 Å². The Kier molecular flexibility index (Phi) is 3.95. The molecule has 0 unspecified atom stereocenters. The van der Waals surface area contributed by atoms with Crippen LogP contribution in [0.5, 0.6) is 0 Å². The fourth-order valence-electron chi connectivity index (χ4n) is 0.897. The number of ether oxygens (including phenoxy) is 1. The molecular formula is C9H17N3OS. The van der Waals surface area contributed by atoms with Crippen LogP contribution in [0.25, 0.3) is 0 Å². The Hall–Kier alpha value is -0.550. The lowest BCUT2D eigenvalue weighted by molar-refractivity contribution is 0.00692. The summed E-state index contributed by atoms with van der Waals surface area (Å²) in [7, 11) is 1.89. The van der Waals surface area contributed by atoms with E-state index in [-0.39, 0.29) is 5.60 Å². The van der Waals surface area contributed by atoms with Crippen molar-refractivity contribution in [3.63, 3.8) is 0 Å². The highest BCUT2D eigenvalue weighted by Gasteiger charge is 2.09. The van der Waals surface area contributed by atoms with E-state index in [1.165, 1.54) is 0 Å². The summed E-state index contributed by atoms with van der Waals surface area (Å²) in [5.74, 6) is 0.907. The second kappa shape index (κ2) is 4.79. The molecule has 80 valence electrons. The molecule has 1 rings (SSSR count). The maximum absolute atomic E-state index is 5.59. The third kappa shape index (κ3) is 4.11. The number of aryl methyl sites for hydroxylation is 1. The highest BCUT2D eigenvalue weighted by Crippen LogP contribution is 2.14. The molecule has 1 aromatic heterocycles. The summed E-state index contributed by atoms with van der Waals surface area (Å²) in [5, 5.41) is 4.92. The van der Waals surface area contributed by atoms with E-state index in [0.29, 0.717) is 0 Å². The van der Waals surface area contributed by atoms with E-state index in [1.807, 2.05) is 7.05 Å². The van der Waals surface area contributed by atoms with Gasteiger partial charge in [0.1, 0.15) is 6.33 Å². The standard InChI is InChI=1S/C9H17N3OS/c1-9(2,3)13-5-6-14-8-10-7-11-12(8)4/h7H,5-6H2,1-4H3. The number of nitrogens with zero attached hydrogens (tertiary/aromatic N) is 3. The number of thioether (sulfide) groups is 1. The lowest BCUT2D eigenvalue weighted by Crippen LogP contribution is -2.20. The van der Waals surface area contributed by atoms with E-state index in [0.717, 1.165) is 17.5 Å². The van der Waals surface area contributed by atoms with E-state index in [1.54, 1.807) is 22.8 Å². The van der Waals surface area contributed by atoms with Gasteiger partial charge in [0.05, 0.1) is 12.2 Å². The lowest BCUT2D eigenvalue weighted by atomic mass is 10.2. The molecule has 0 bridgehead atoms. The molecule has 0 fully saturated rings. The third-order valence-electron chi connectivity index (χ3n) is 1.52. The lowest BCUT2D eigenvalue weighted by Gasteiger charge is -2.18. The summed E-state index contributed by atoms with van der Waals surface area (Å²) in [4.78, 5) is 4.11. The molecule has 5 heteroatoms. The molecule has 0 amide bonds. The summed E-state index contributed by atoms with van der Waals surface area (Å²) in [6.07, 6.45) is 1.56. The molecule has 1 heterocycles. The number of aromatic nitrogens is 3. The Balaban J connectivity index is 2.20. The molecule has 0 aliphatic carbocycles. The quantitative estimate of drug-likeness (QED) is 0.566. The minimum Gasteiger partial charge on any atom is -0.375 e. The number of rotatable bonds is 4. The van der Waals surface area contributed by atoms with Crippen LogP contribution in [0, 0.1) is 0 Å². The Morgan fingerprint density at radius 1 is 1.50 bits per heavy atom. The molecule has 0 aromatic carbocycles. The topological polar surface area (TPSA) is 39.9 Å². The van der Waals surface area contributed by atoms with Gasteiger partial charge in [-0.2, -0.15) is 5.10 Å². The highest BCUT2D eigenvalue weighted by atomic mass is 32.2. The first-order valence-corrected chi connectivity index (χ1v) is 5.58. The summed E-state index contributed by atoms with van der Waals surface area (Å²) < 4.78 is 7.35. The van der Waals surface area contributed by atoms with Crippen LogP contribution in [0.1, 0.15) is 20.8 Å². The fraction of sp³-hybridized carbons (Fsp3) is 0.778.